The van der Waals surface area contributed by atoms with Crippen LogP contribution < -0.4 is 11.5 Å². The molecule has 0 bridgehead atoms. The van der Waals surface area contributed by atoms with Crippen LogP contribution >= 0.6 is 0 Å². The van der Waals surface area contributed by atoms with Crippen molar-refractivity contribution >= 4 is 0 Å². The van der Waals surface area contributed by atoms with Gasteiger partial charge >= 0.3 is 0 Å². The van der Waals surface area contributed by atoms with Crippen LogP contribution in [0.3, 0.4) is 0 Å². The van der Waals surface area contributed by atoms with Gasteiger partial charge in [-0.3, -0.25) is 0 Å². The normalized spacial score (nSPS) is 18.6. The smallest absolute Gasteiger partial charge is 0.0419 e. The minimum atomic E-state index is -0.00120. The summed E-state index contributed by atoms with van der Waals surface area (Å²) in [6.45, 7) is 0.522. The average molecular weight is 176 g/mol. The number of benzene rings is 1. The largest absolute Gasteiger partial charge is 0.329 e. The maximum atomic E-state index is 5.86. The standard InChI is InChI=1S/C11H16N2/c12-7-11(13)10-3-1-2-9(6-10)8-4-5-8/h1-3,6,8,11H,4-5,7,12-13H2. The van der Waals surface area contributed by atoms with Crippen molar-refractivity contribution < 1.29 is 0 Å². The fourth-order valence-corrected chi connectivity index (χ4v) is 1.60. The lowest BCUT2D eigenvalue weighted by atomic mass is 10.0. The highest BCUT2D eigenvalue weighted by atomic mass is 14.7. The fourth-order valence-electron chi connectivity index (χ4n) is 1.60. The SMILES string of the molecule is NCC(N)c1cccc(C2CC2)c1. The summed E-state index contributed by atoms with van der Waals surface area (Å²) in [5.74, 6) is 0.796. The molecule has 13 heavy (non-hydrogen) atoms. The predicted molar refractivity (Wildman–Crippen MR) is 54.4 cm³/mol. The monoisotopic (exact) mass is 176 g/mol. The summed E-state index contributed by atoms with van der Waals surface area (Å²) in [6.07, 6.45) is 2.67. The Balaban J connectivity index is 2.21. The van der Waals surface area contributed by atoms with Crippen LogP contribution in [0.15, 0.2) is 24.3 Å². The topological polar surface area (TPSA) is 52.0 Å². The van der Waals surface area contributed by atoms with Gasteiger partial charge in [0.05, 0.1) is 0 Å². The van der Waals surface area contributed by atoms with Crippen LogP contribution in [0.2, 0.25) is 0 Å². The Bertz CT molecular complexity index is 292. The van der Waals surface area contributed by atoms with E-state index < -0.39 is 0 Å². The molecule has 0 amide bonds. The van der Waals surface area contributed by atoms with Gasteiger partial charge < -0.3 is 11.5 Å². The van der Waals surface area contributed by atoms with E-state index in [0.29, 0.717) is 6.54 Å². The molecular weight excluding hydrogens is 160 g/mol. The lowest BCUT2D eigenvalue weighted by Gasteiger charge is -2.10. The van der Waals surface area contributed by atoms with E-state index >= 15 is 0 Å². The third kappa shape index (κ3) is 1.90. The van der Waals surface area contributed by atoms with Gasteiger partial charge in [0, 0.05) is 12.6 Å². The van der Waals surface area contributed by atoms with Crippen LogP contribution in [0.25, 0.3) is 0 Å². The first-order chi connectivity index (χ1) is 6.31. The molecule has 0 aromatic heterocycles. The van der Waals surface area contributed by atoms with Crippen molar-refractivity contribution in [3.8, 4) is 0 Å². The van der Waals surface area contributed by atoms with E-state index in [1.54, 1.807) is 0 Å². The molecule has 1 atom stereocenters. The Morgan fingerprint density at radius 3 is 2.77 bits per heavy atom. The van der Waals surface area contributed by atoms with E-state index in [9.17, 15) is 0 Å². The Morgan fingerprint density at radius 2 is 2.15 bits per heavy atom. The Hall–Kier alpha value is -0.860. The summed E-state index contributed by atoms with van der Waals surface area (Å²) in [5.41, 5.74) is 14.0. The zero-order valence-electron chi connectivity index (χ0n) is 7.74. The van der Waals surface area contributed by atoms with E-state index in [-0.39, 0.29) is 6.04 Å². The second kappa shape index (κ2) is 3.48. The second-order valence-electron chi connectivity index (χ2n) is 3.79. The second-order valence-corrected chi connectivity index (χ2v) is 3.79. The Kier molecular flexibility index (Phi) is 2.34. The molecule has 2 heteroatoms. The van der Waals surface area contributed by atoms with Crippen molar-refractivity contribution in [2.24, 2.45) is 11.5 Å². The quantitative estimate of drug-likeness (QED) is 0.733. The van der Waals surface area contributed by atoms with Crippen LogP contribution in [-0.2, 0) is 0 Å². The average Bonchev–Trinajstić information content (AvgIpc) is 3.00. The third-order valence-electron chi connectivity index (χ3n) is 2.64. The van der Waals surface area contributed by atoms with Crippen molar-refractivity contribution in [3.05, 3.63) is 35.4 Å². The molecular formula is C11H16N2. The zero-order chi connectivity index (χ0) is 9.26. The predicted octanol–water partition coefficient (Wildman–Crippen LogP) is 1.52. The number of hydrogen-bond acceptors (Lipinski definition) is 2. The highest BCUT2D eigenvalue weighted by Crippen LogP contribution is 2.40. The molecule has 0 radical (unpaired) electrons. The highest BCUT2D eigenvalue weighted by molar-refractivity contribution is 5.30. The van der Waals surface area contributed by atoms with Gasteiger partial charge in [0.2, 0.25) is 0 Å². The fraction of sp³-hybridized carbons (Fsp3) is 0.455. The summed E-state index contributed by atoms with van der Waals surface area (Å²) in [7, 11) is 0. The van der Waals surface area contributed by atoms with E-state index in [4.69, 9.17) is 11.5 Å². The van der Waals surface area contributed by atoms with Gasteiger partial charge in [-0.15, -0.1) is 0 Å². The molecule has 1 fully saturated rings. The van der Waals surface area contributed by atoms with Crippen LogP contribution in [0.4, 0.5) is 0 Å². The van der Waals surface area contributed by atoms with Crippen molar-refractivity contribution in [1.82, 2.24) is 0 Å². The van der Waals surface area contributed by atoms with Crippen molar-refractivity contribution in [3.63, 3.8) is 0 Å². The molecule has 0 saturated heterocycles. The van der Waals surface area contributed by atoms with Crippen LogP contribution in [0.5, 0.6) is 0 Å². The summed E-state index contributed by atoms with van der Waals surface area (Å²) >= 11 is 0. The maximum Gasteiger partial charge on any atom is 0.0419 e. The van der Waals surface area contributed by atoms with Crippen molar-refractivity contribution in [1.29, 1.82) is 0 Å². The van der Waals surface area contributed by atoms with E-state index in [1.165, 1.54) is 24.0 Å². The molecule has 1 aromatic carbocycles. The zero-order valence-corrected chi connectivity index (χ0v) is 7.74. The number of rotatable bonds is 3. The van der Waals surface area contributed by atoms with E-state index in [2.05, 4.69) is 24.3 Å². The molecule has 0 heterocycles. The van der Waals surface area contributed by atoms with Crippen LogP contribution in [0, 0.1) is 0 Å². The first-order valence-corrected chi connectivity index (χ1v) is 4.87. The molecule has 2 rings (SSSR count). The van der Waals surface area contributed by atoms with Gasteiger partial charge in [-0.05, 0) is 29.9 Å². The van der Waals surface area contributed by atoms with Crippen LogP contribution in [0.1, 0.15) is 35.9 Å². The summed E-state index contributed by atoms with van der Waals surface area (Å²) in [5, 5.41) is 0. The highest BCUT2D eigenvalue weighted by Gasteiger charge is 2.23. The summed E-state index contributed by atoms with van der Waals surface area (Å²) < 4.78 is 0. The van der Waals surface area contributed by atoms with Crippen molar-refractivity contribution in [2.75, 3.05) is 6.54 Å². The summed E-state index contributed by atoms with van der Waals surface area (Å²) in [4.78, 5) is 0. The first kappa shape index (κ1) is 8.73. The molecule has 0 spiro atoms. The van der Waals surface area contributed by atoms with Crippen molar-refractivity contribution in [2.45, 2.75) is 24.8 Å². The van der Waals surface area contributed by atoms with E-state index in [0.717, 1.165) is 5.92 Å². The molecule has 1 saturated carbocycles. The minimum absolute atomic E-state index is 0.00120. The molecule has 70 valence electrons. The minimum Gasteiger partial charge on any atom is -0.329 e. The Labute approximate surface area is 78.9 Å². The molecule has 2 nitrogen and oxygen atoms in total. The van der Waals surface area contributed by atoms with Gasteiger partial charge in [0.25, 0.3) is 0 Å². The first-order valence-electron chi connectivity index (χ1n) is 4.87. The molecule has 1 aliphatic carbocycles. The number of hydrogen-bond donors (Lipinski definition) is 2. The van der Waals surface area contributed by atoms with Gasteiger partial charge in [-0.1, -0.05) is 24.3 Å². The third-order valence-corrected chi connectivity index (χ3v) is 2.64. The van der Waals surface area contributed by atoms with Crippen LogP contribution in [-0.4, -0.2) is 6.54 Å². The number of nitrogens with two attached hydrogens (primary N) is 2. The van der Waals surface area contributed by atoms with Gasteiger partial charge in [-0.2, -0.15) is 0 Å². The molecule has 4 N–H and O–H groups in total. The molecule has 0 aliphatic heterocycles. The molecule has 1 aliphatic rings. The van der Waals surface area contributed by atoms with E-state index in [1.807, 2.05) is 0 Å². The lowest BCUT2D eigenvalue weighted by Crippen LogP contribution is -2.20. The molecule has 1 unspecified atom stereocenters. The summed E-state index contributed by atoms with van der Waals surface area (Å²) in [6, 6.07) is 8.53. The van der Waals surface area contributed by atoms with Gasteiger partial charge in [-0.25, -0.2) is 0 Å². The van der Waals surface area contributed by atoms with Gasteiger partial charge in [0.15, 0.2) is 0 Å². The lowest BCUT2D eigenvalue weighted by molar-refractivity contribution is 0.735. The molecule has 1 aromatic rings. The van der Waals surface area contributed by atoms with Gasteiger partial charge in [0.1, 0.15) is 0 Å². The maximum absolute atomic E-state index is 5.86. The Morgan fingerprint density at radius 1 is 1.38 bits per heavy atom.